The SMILES string of the molecule is CCO[C@]1(c2ccccc2)C[C@@H]1C(=O)N/N=C/c1ccccc1Br. The Balaban J connectivity index is 1.67. The maximum Gasteiger partial charge on any atom is 0.246 e. The van der Waals surface area contributed by atoms with E-state index >= 15 is 0 Å². The van der Waals surface area contributed by atoms with E-state index in [2.05, 4.69) is 26.5 Å². The minimum absolute atomic E-state index is 0.115. The van der Waals surface area contributed by atoms with Crippen LogP contribution >= 0.6 is 15.9 Å². The average molecular weight is 387 g/mol. The van der Waals surface area contributed by atoms with Crippen LogP contribution in [0.2, 0.25) is 0 Å². The normalized spacial score (nSPS) is 22.5. The number of nitrogens with one attached hydrogen (secondary N) is 1. The summed E-state index contributed by atoms with van der Waals surface area (Å²) in [5.74, 6) is -0.327. The van der Waals surface area contributed by atoms with E-state index in [1.165, 1.54) is 0 Å². The van der Waals surface area contributed by atoms with Gasteiger partial charge in [-0.05, 0) is 25.0 Å². The third-order valence-electron chi connectivity index (χ3n) is 4.17. The molecule has 1 fully saturated rings. The summed E-state index contributed by atoms with van der Waals surface area (Å²) in [7, 11) is 0. The molecule has 3 rings (SSSR count). The molecular formula is C19H19BrN2O2. The van der Waals surface area contributed by atoms with Crippen LogP contribution in [0.25, 0.3) is 0 Å². The molecule has 1 aliphatic rings. The summed E-state index contributed by atoms with van der Waals surface area (Å²) in [5, 5.41) is 4.07. The Morgan fingerprint density at radius 3 is 2.71 bits per heavy atom. The molecule has 0 heterocycles. The summed E-state index contributed by atoms with van der Waals surface area (Å²) in [6, 6.07) is 17.6. The van der Waals surface area contributed by atoms with Gasteiger partial charge in [0.15, 0.2) is 0 Å². The van der Waals surface area contributed by atoms with E-state index in [4.69, 9.17) is 4.74 Å². The molecule has 1 N–H and O–H groups in total. The zero-order chi connectivity index (χ0) is 17.0. The van der Waals surface area contributed by atoms with Gasteiger partial charge < -0.3 is 4.74 Å². The lowest BCUT2D eigenvalue weighted by molar-refractivity contribution is -0.124. The number of halogens is 1. The van der Waals surface area contributed by atoms with Crippen molar-refractivity contribution in [3.05, 3.63) is 70.2 Å². The Hall–Kier alpha value is -1.98. The van der Waals surface area contributed by atoms with Gasteiger partial charge in [0, 0.05) is 16.6 Å². The third kappa shape index (κ3) is 3.42. The highest BCUT2D eigenvalue weighted by molar-refractivity contribution is 9.10. The highest BCUT2D eigenvalue weighted by Gasteiger charge is 2.60. The molecule has 2 aromatic carbocycles. The molecule has 0 unspecified atom stereocenters. The molecule has 1 amide bonds. The summed E-state index contributed by atoms with van der Waals surface area (Å²) in [6.07, 6.45) is 2.32. The molecule has 24 heavy (non-hydrogen) atoms. The number of carbonyl (C=O) groups excluding carboxylic acids is 1. The number of rotatable bonds is 6. The number of nitrogens with zero attached hydrogens (tertiary/aromatic N) is 1. The van der Waals surface area contributed by atoms with Crippen LogP contribution in [0.15, 0.2) is 64.2 Å². The van der Waals surface area contributed by atoms with Crippen molar-refractivity contribution in [3.8, 4) is 0 Å². The van der Waals surface area contributed by atoms with Gasteiger partial charge in [-0.15, -0.1) is 0 Å². The first-order valence-electron chi connectivity index (χ1n) is 7.94. The number of hydrogen-bond donors (Lipinski definition) is 1. The fourth-order valence-corrected chi connectivity index (χ4v) is 3.30. The smallest absolute Gasteiger partial charge is 0.246 e. The third-order valence-corrected chi connectivity index (χ3v) is 4.90. The number of hydrazone groups is 1. The van der Waals surface area contributed by atoms with E-state index in [1.54, 1.807) is 6.21 Å². The fraction of sp³-hybridized carbons (Fsp3) is 0.263. The molecular weight excluding hydrogens is 368 g/mol. The van der Waals surface area contributed by atoms with Crippen molar-refractivity contribution in [2.24, 2.45) is 11.0 Å². The Kier molecular flexibility index (Phi) is 5.11. The van der Waals surface area contributed by atoms with Gasteiger partial charge >= 0.3 is 0 Å². The second-order valence-electron chi connectivity index (χ2n) is 5.70. The van der Waals surface area contributed by atoms with Crippen LogP contribution in [-0.4, -0.2) is 18.7 Å². The second-order valence-corrected chi connectivity index (χ2v) is 6.56. The first-order chi connectivity index (χ1) is 11.7. The number of hydrogen-bond acceptors (Lipinski definition) is 3. The summed E-state index contributed by atoms with van der Waals surface area (Å²) < 4.78 is 6.86. The van der Waals surface area contributed by atoms with Gasteiger partial charge in [-0.1, -0.05) is 64.5 Å². The molecule has 124 valence electrons. The lowest BCUT2D eigenvalue weighted by atomic mass is 10.1. The molecule has 0 aliphatic heterocycles. The number of benzene rings is 2. The summed E-state index contributed by atoms with van der Waals surface area (Å²) >= 11 is 3.45. The first kappa shape index (κ1) is 16.9. The van der Waals surface area contributed by atoms with Gasteiger partial charge in [-0.2, -0.15) is 5.10 Å². The summed E-state index contributed by atoms with van der Waals surface area (Å²) in [5.41, 5.74) is 4.08. The Morgan fingerprint density at radius 1 is 1.29 bits per heavy atom. The van der Waals surface area contributed by atoms with Crippen LogP contribution in [0.1, 0.15) is 24.5 Å². The van der Waals surface area contributed by atoms with Crippen molar-refractivity contribution in [3.63, 3.8) is 0 Å². The highest BCUT2D eigenvalue weighted by atomic mass is 79.9. The Bertz CT molecular complexity index is 748. The molecule has 5 heteroatoms. The summed E-state index contributed by atoms with van der Waals surface area (Å²) in [6.45, 7) is 2.52. The number of carbonyl (C=O) groups is 1. The molecule has 1 aliphatic carbocycles. The maximum atomic E-state index is 12.4. The van der Waals surface area contributed by atoms with Crippen molar-refractivity contribution in [2.45, 2.75) is 18.9 Å². The van der Waals surface area contributed by atoms with Crippen molar-refractivity contribution in [2.75, 3.05) is 6.61 Å². The van der Waals surface area contributed by atoms with Crippen molar-refractivity contribution in [1.29, 1.82) is 0 Å². The molecule has 2 atom stereocenters. The van der Waals surface area contributed by atoms with Crippen molar-refractivity contribution >= 4 is 28.1 Å². The topological polar surface area (TPSA) is 50.7 Å². The standard InChI is InChI=1S/C19H19BrN2O2/c1-2-24-19(15-9-4-3-5-10-15)12-16(19)18(23)22-21-13-14-8-6-7-11-17(14)20/h3-11,13,16H,2,12H2,1H3,(H,22,23)/b21-13+/t16-,19+/m1/s1. The minimum Gasteiger partial charge on any atom is -0.370 e. The van der Waals surface area contributed by atoms with Gasteiger partial charge in [-0.25, -0.2) is 5.43 Å². The highest BCUT2D eigenvalue weighted by Crippen LogP contribution is 2.55. The Labute approximate surface area is 150 Å². The van der Waals surface area contributed by atoms with Crippen LogP contribution in [0.5, 0.6) is 0 Å². The van der Waals surface area contributed by atoms with Crippen molar-refractivity contribution < 1.29 is 9.53 Å². The molecule has 0 saturated heterocycles. The van der Waals surface area contributed by atoms with Gasteiger partial charge in [0.1, 0.15) is 5.60 Å². The molecule has 1 saturated carbocycles. The van der Waals surface area contributed by atoms with E-state index in [0.29, 0.717) is 13.0 Å². The van der Waals surface area contributed by atoms with Crippen LogP contribution < -0.4 is 5.43 Å². The monoisotopic (exact) mass is 386 g/mol. The zero-order valence-corrected chi connectivity index (χ0v) is 15.0. The lowest BCUT2D eigenvalue weighted by Gasteiger charge is -2.17. The molecule has 0 bridgehead atoms. The quantitative estimate of drug-likeness (QED) is 0.605. The first-order valence-corrected chi connectivity index (χ1v) is 8.73. The van der Waals surface area contributed by atoms with E-state index < -0.39 is 5.60 Å². The zero-order valence-electron chi connectivity index (χ0n) is 13.4. The number of ether oxygens (including phenoxy) is 1. The molecule has 4 nitrogen and oxygen atoms in total. The minimum atomic E-state index is -0.511. The molecule has 0 radical (unpaired) electrons. The Morgan fingerprint density at radius 2 is 2.00 bits per heavy atom. The van der Waals surface area contributed by atoms with E-state index in [0.717, 1.165) is 15.6 Å². The van der Waals surface area contributed by atoms with Crippen molar-refractivity contribution in [1.82, 2.24) is 5.43 Å². The second kappa shape index (κ2) is 7.28. The van der Waals surface area contributed by atoms with E-state index in [1.807, 2.05) is 61.5 Å². The maximum absolute atomic E-state index is 12.4. The predicted molar refractivity (Wildman–Crippen MR) is 97.7 cm³/mol. The fourth-order valence-electron chi connectivity index (χ4n) is 2.91. The number of amides is 1. The predicted octanol–water partition coefficient (Wildman–Crippen LogP) is 3.85. The average Bonchev–Trinajstić information content (AvgIpc) is 3.33. The molecule has 0 aromatic heterocycles. The molecule has 0 spiro atoms. The van der Waals surface area contributed by atoms with Gasteiger partial charge in [0.25, 0.3) is 0 Å². The van der Waals surface area contributed by atoms with Gasteiger partial charge in [-0.3, -0.25) is 4.79 Å². The molecule has 2 aromatic rings. The van der Waals surface area contributed by atoms with E-state index in [9.17, 15) is 4.79 Å². The van der Waals surface area contributed by atoms with Crippen LogP contribution in [0, 0.1) is 5.92 Å². The van der Waals surface area contributed by atoms with Gasteiger partial charge in [0.2, 0.25) is 5.91 Å². The van der Waals surface area contributed by atoms with Crippen LogP contribution in [-0.2, 0) is 15.1 Å². The van der Waals surface area contributed by atoms with Crippen LogP contribution in [0.3, 0.4) is 0 Å². The van der Waals surface area contributed by atoms with E-state index in [-0.39, 0.29) is 11.8 Å². The van der Waals surface area contributed by atoms with Crippen LogP contribution in [0.4, 0.5) is 0 Å². The largest absolute Gasteiger partial charge is 0.370 e. The lowest BCUT2D eigenvalue weighted by Crippen LogP contribution is -2.26. The van der Waals surface area contributed by atoms with Gasteiger partial charge in [0.05, 0.1) is 12.1 Å². The summed E-state index contributed by atoms with van der Waals surface area (Å²) in [4.78, 5) is 12.4.